The van der Waals surface area contributed by atoms with Gasteiger partial charge in [0.25, 0.3) is 0 Å². The molecule has 102 valence electrons. The minimum Gasteiger partial charge on any atom is -0.481 e. The van der Waals surface area contributed by atoms with Crippen molar-refractivity contribution in [2.75, 3.05) is 39.8 Å². The summed E-state index contributed by atoms with van der Waals surface area (Å²) in [6.07, 6.45) is -0.104. The average molecular weight is 258 g/mol. The van der Waals surface area contributed by atoms with Crippen LogP contribution in [0.25, 0.3) is 0 Å². The van der Waals surface area contributed by atoms with Crippen LogP contribution in [-0.2, 0) is 19.1 Å². The second kappa shape index (κ2) is 6.95. The Balaban J connectivity index is 2.28. The number of esters is 1. The predicted molar refractivity (Wildman–Crippen MR) is 61.9 cm³/mol. The highest BCUT2D eigenvalue weighted by molar-refractivity contribution is 5.80. The lowest BCUT2D eigenvalue weighted by atomic mass is 10.2. The van der Waals surface area contributed by atoms with Crippen molar-refractivity contribution < 1.29 is 24.2 Å². The van der Waals surface area contributed by atoms with Gasteiger partial charge < -0.3 is 14.7 Å². The van der Waals surface area contributed by atoms with Gasteiger partial charge in [-0.3, -0.25) is 19.3 Å². The molecule has 0 aliphatic carbocycles. The molecular formula is C11H18N2O5. The molecular weight excluding hydrogens is 240 g/mol. The highest BCUT2D eigenvalue weighted by Gasteiger charge is 2.22. The lowest BCUT2D eigenvalue weighted by Gasteiger charge is -2.34. The molecule has 0 bridgehead atoms. The topological polar surface area (TPSA) is 87.2 Å². The van der Waals surface area contributed by atoms with Crippen LogP contribution in [-0.4, -0.2) is 72.6 Å². The van der Waals surface area contributed by atoms with Crippen LogP contribution >= 0.6 is 0 Å². The molecule has 1 saturated heterocycles. The highest BCUT2D eigenvalue weighted by Crippen LogP contribution is 2.05. The number of piperazine rings is 1. The summed E-state index contributed by atoms with van der Waals surface area (Å²) in [6.45, 7) is 2.49. The van der Waals surface area contributed by atoms with Crippen molar-refractivity contribution in [3.05, 3.63) is 0 Å². The second-order valence-corrected chi connectivity index (χ2v) is 4.13. The maximum absolute atomic E-state index is 11.6. The molecule has 0 aromatic carbocycles. The Labute approximate surface area is 105 Å². The monoisotopic (exact) mass is 258 g/mol. The number of carbonyl (C=O) groups is 3. The molecule has 1 rings (SSSR count). The number of carboxylic acids is 1. The fraction of sp³-hybridized carbons (Fsp3) is 0.727. The summed E-state index contributed by atoms with van der Waals surface area (Å²) in [6, 6.07) is 0. The van der Waals surface area contributed by atoms with E-state index in [-0.39, 0.29) is 31.3 Å². The zero-order valence-electron chi connectivity index (χ0n) is 10.4. The van der Waals surface area contributed by atoms with Gasteiger partial charge in [-0.1, -0.05) is 0 Å². The Morgan fingerprint density at radius 1 is 1.11 bits per heavy atom. The third kappa shape index (κ3) is 4.70. The molecule has 1 heterocycles. The van der Waals surface area contributed by atoms with Gasteiger partial charge in [0.1, 0.15) is 0 Å². The van der Waals surface area contributed by atoms with E-state index >= 15 is 0 Å². The molecule has 7 heteroatoms. The van der Waals surface area contributed by atoms with Crippen molar-refractivity contribution in [2.45, 2.75) is 12.8 Å². The van der Waals surface area contributed by atoms with Gasteiger partial charge in [0, 0.05) is 32.6 Å². The number of hydrogen-bond donors (Lipinski definition) is 1. The molecule has 1 N–H and O–H groups in total. The third-order valence-corrected chi connectivity index (χ3v) is 2.86. The van der Waals surface area contributed by atoms with Crippen LogP contribution < -0.4 is 0 Å². The van der Waals surface area contributed by atoms with Crippen LogP contribution in [0.1, 0.15) is 12.8 Å². The standard InChI is InChI=1S/C11H18N2O5/c1-18-11(17)8-12-4-6-13(7-5-12)9(14)2-3-10(15)16/h2-8H2,1H3,(H,15,16). The number of rotatable bonds is 5. The smallest absolute Gasteiger partial charge is 0.319 e. The first kappa shape index (κ1) is 14.4. The van der Waals surface area contributed by atoms with Gasteiger partial charge in [0.05, 0.1) is 20.1 Å². The van der Waals surface area contributed by atoms with Crippen LogP contribution in [0.4, 0.5) is 0 Å². The Hall–Kier alpha value is -1.63. The SMILES string of the molecule is COC(=O)CN1CCN(C(=O)CCC(=O)O)CC1. The summed E-state index contributed by atoms with van der Waals surface area (Å²) in [5.74, 6) is -1.40. The fourth-order valence-corrected chi connectivity index (χ4v) is 1.77. The van der Waals surface area contributed by atoms with Gasteiger partial charge in [-0.15, -0.1) is 0 Å². The number of carbonyl (C=O) groups excluding carboxylic acids is 2. The largest absolute Gasteiger partial charge is 0.481 e. The molecule has 1 fully saturated rings. The van der Waals surface area contributed by atoms with Gasteiger partial charge in [-0.05, 0) is 0 Å². The first-order valence-corrected chi connectivity index (χ1v) is 5.81. The lowest BCUT2D eigenvalue weighted by molar-refractivity contribution is -0.144. The van der Waals surface area contributed by atoms with Gasteiger partial charge in [-0.2, -0.15) is 0 Å². The van der Waals surface area contributed by atoms with Crippen LogP contribution in [0.3, 0.4) is 0 Å². The first-order chi connectivity index (χ1) is 8.52. The maximum Gasteiger partial charge on any atom is 0.319 e. The normalized spacial score (nSPS) is 16.4. The van der Waals surface area contributed by atoms with Gasteiger partial charge in [0.2, 0.25) is 5.91 Å². The fourth-order valence-electron chi connectivity index (χ4n) is 1.77. The number of carboxylic acid groups (broad SMARTS) is 1. The van der Waals surface area contributed by atoms with Gasteiger partial charge in [0.15, 0.2) is 0 Å². The van der Waals surface area contributed by atoms with E-state index in [1.54, 1.807) is 4.90 Å². The molecule has 18 heavy (non-hydrogen) atoms. The van der Waals surface area contributed by atoms with Crippen LogP contribution in [0, 0.1) is 0 Å². The highest BCUT2D eigenvalue weighted by atomic mass is 16.5. The van der Waals surface area contributed by atoms with Crippen LogP contribution in [0.15, 0.2) is 0 Å². The Bertz CT molecular complexity index is 323. The molecule has 0 aromatic heterocycles. The number of amides is 1. The average Bonchev–Trinajstić information content (AvgIpc) is 2.36. The van der Waals surface area contributed by atoms with Crippen LogP contribution in [0.5, 0.6) is 0 Å². The minimum absolute atomic E-state index is 0.0341. The molecule has 1 aliphatic rings. The number of aliphatic carboxylic acids is 1. The number of hydrogen-bond acceptors (Lipinski definition) is 5. The zero-order chi connectivity index (χ0) is 13.5. The van der Waals surface area contributed by atoms with E-state index in [0.717, 1.165) is 0 Å². The van der Waals surface area contributed by atoms with E-state index in [9.17, 15) is 14.4 Å². The van der Waals surface area contributed by atoms with Gasteiger partial charge in [-0.25, -0.2) is 0 Å². The Kier molecular flexibility index (Phi) is 5.57. The molecule has 1 aliphatic heterocycles. The molecule has 1 amide bonds. The van der Waals surface area contributed by atoms with Crippen LogP contribution in [0.2, 0.25) is 0 Å². The number of ether oxygens (including phenoxy) is 1. The van der Waals surface area contributed by atoms with Crippen molar-refractivity contribution in [3.8, 4) is 0 Å². The zero-order valence-corrected chi connectivity index (χ0v) is 10.4. The minimum atomic E-state index is -0.965. The van der Waals surface area contributed by atoms with Crippen molar-refractivity contribution in [2.24, 2.45) is 0 Å². The molecule has 0 radical (unpaired) electrons. The molecule has 0 spiro atoms. The third-order valence-electron chi connectivity index (χ3n) is 2.86. The predicted octanol–water partition coefficient (Wildman–Crippen LogP) is -0.832. The van der Waals surface area contributed by atoms with Crippen molar-refractivity contribution in [3.63, 3.8) is 0 Å². The van der Waals surface area contributed by atoms with E-state index in [2.05, 4.69) is 4.74 Å². The summed E-state index contributed by atoms with van der Waals surface area (Å²) in [7, 11) is 1.34. The van der Waals surface area contributed by atoms with Crippen molar-refractivity contribution >= 4 is 17.8 Å². The van der Waals surface area contributed by atoms with E-state index in [1.807, 2.05) is 4.90 Å². The number of nitrogens with zero attached hydrogens (tertiary/aromatic N) is 2. The van der Waals surface area contributed by atoms with Crippen molar-refractivity contribution in [1.29, 1.82) is 0 Å². The Morgan fingerprint density at radius 2 is 1.72 bits per heavy atom. The second-order valence-electron chi connectivity index (χ2n) is 4.13. The van der Waals surface area contributed by atoms with E-state index in [4.69, 9.17) is 5.11 Å². The Morgan fingerprint density at radius 3 is 2.22 bits per heavy atom. The molecule has 0 atom stereocenters. The summed E-state index contributed by atoms with van der Waals surface area (Å²) >= 11 is 0. The summed E-state index contributed by atoms with van der Waals surface area (Å²) in [5.41, 5.74) is 0. The summed E-state index contributed by atoms with van der Waals surface area (Å²) in [4.78, 5) is 36.6. The first-order valence-electron chi connectivity index (χ1n) is 5.81. The van der Waals surface area contributed by atoms with E-state index < -0.39 is 5.97 Å². The summed E-state index contributed by atoms with van der Waals surface area (Å²) < 4.78 is 4.57. The number of methoxy groups -OCH3 is 1. The lowest BCUT2D eigenvalue weighted by Crippen LogP contribution is -2.50. The summed E-state index contributed by atoms with van der Waals surface area (Å²) in [5, 5.41) is 8.50. The quantitative estimate of drug-likeness (QED) is 0.648. The van der Waals surface area contributed by atoms with E-state index in [0.29, 0.717) is 26.2 Å². The van der Waals surface area contributed by atoms with E-state index in [1.165, 1.54) is 7.11 Å². The van der Waals surface area contributed by atoms with Gasteiger partial charge >= 0.3 is 11.9 Å². The maximum atomic E-state index is 11.6. The molecule has 0 unspecified atom stereocenters. The van der Waals surface area contributed by atoms with Crippen molar-refractivity contribution in [1.82, 2.24) is 9.80 Å². The molecule has 0 saturated carbocycles. The molecule has 7 nitrogen and oxygen atoms in total. The molecule has 0 aromatic rings.